The van der Waals surface area contributed by atoms with Gasteiger partial charge in [0.15, 0.2) is 10.8 Å². The summed E-state index contributed by atoms with van der Waals surface area (Å²) in [6.07, 6.45) is 7.28. The molecular weight excluding hydrogens is 224 g/mol. The first kappa shape index (κ1) is 9.29. The summed E-state index contributed by atoms with van der Waals surface area (Å²) in [5.41, 5.74) is 0.772. The quantitative estimate of drug-likeness (QED) is 0.697. The number of carbonyl (C=O) groups excluding carboxylic acids is 1. The van der Waals surface area contributed by atoms with Crippen LogP contribution in [0.4, 0.5) is 0 Å². The molecule has 80 valence electrons. The van der Waals surface area contributed by atoms with E-state index in [2.05, 4.69) is 15.0 Å². The van der Waals surface area contributed by atoms with Crippen LogP contribution in [-0.2, 0) is 6.42 Å². The second kappa shape index (κ2) is 3.57. The summed E-state index contributed by atoms with van der Waals surface area (Å²) in [5.74, 6) is 0.340. The van der Waals surface area contributed by atoms with Crippen molar-refractivity contribution >= 4 is 22.1 Å². The number of nitrogens with one attached hydrogen (secondary N) is 1. The minimum atomic E-state index is -0.0456. The van der Waals surface area contributed by atoms with Crippen molar-refractivity contribution in [1.29, 1.82) is 0 Å². The van der Waals surface area contributed by atoms with Crippen LogP contribution < -0.4 is 0 Å². The number of nitrogens with zero attached hydrogens (tertiary/aromatic N) is 3. The van der Waals surface area contributed by atoms with Crippen molar-refractivity contribution in [3.63, 3.8) is 0 Å². The minimum absolute atomic E-state index is 0.0456. The Morgan fingerprint density at radius 2 is 2.50 bits per heavy atom. The van der Waals surface area contributed by atoms with E-state index in [1.165, 1.54) is 0 Å². The van der Waals surface area contributed by atoms with Crippen LogP contribution in [0.3, 0.4) is 0 Å². The molecule has 0 amide bonds. The lowest BCUT2D eigenvalue weighted by Crippen LogP contribution is -2.05. The Morgan fingerprint density at radius 1 is 1.56 bits per heavy atom. The summed E-state index contributed by atoms with van der Waals surface area (Å²) in [6, 6.07) is 0. The van der Waals surface area contributed by atoms with E-state index in [1.807, 2.05) is 22.2 Å². The predicted molar refractivity (Wildman–Crippen MR) is 59.7 cm³/mol. The van der Waals surface area contributed by atoms with E-state index in [9.17, 15) is 4.79 Å². The number of hydrogen-bond donors (Lipinski definition) is 1. The first-order chi connectivity index (χ1) is 7.83. The number of H-pyrrole nitrogens is 1. The molecule has 0 bridgehead atoms. The normalized spacial score (nSPS) is 11.0. The van der Waals surface area contributed by atoms with Gasteiger partial charge < -0.3 is 4.98 Å². The maximum absolute atomic E-state index is 11.7. The number of Topliss-reactive ketones (excluding diaryl/α,β-unsaturated/α-hetero) is 1. The highest BCUT2D eigenvalue weighted by molar-refractivity contribution is 7.15. The van der Waals surface area contributed by atoms with Gasteiger partial charge in [0.1, 0.15) is 0 Å². The lowest BCUT2D eigenvalue weighted by atomic mass is 10.2. The third-order valence-corrected chi connectivity index (χ3v) is 3.02. The summed E-state index contributed by atoms with van der Waals surface area (Å²) in [7, 11) is 0. The van der Waals surface area contributed by atoms with Gasteiger partial charge in [-0.3, -0.25) is 9.20 Å². The molecule has 0 radical (unpaired) electrons. The number of carbonyl (C=O) groups is 1. The fourth-order valence-electron chi connectivity index (χ4n) is 1.53. The van der Waals surface area contributed by atoms with Crippen LogP contribution >= 0.6 is 11.3 Å². The number of thiazole rings is 1. The Bertz CT molecular complexity index is 594. The van der Waals surface area contributed by atoms with Crippen LogP contribution in [0.25, 0.3) is 4.96 Å². The van der Waals surface area contributed by atoms with Gasteiger partial charge in [0.2, 0.25) is 5.78 Å². The lowest BCUT2D eigenvalue weighted by Gasteiger charge is -1.92. The van der Waals surface area contributed by atoms with Crippen molar-refractivity contribution in [2.45, 2.75) is 6.42 Å². The standard InChI is InChI=1S/C10H8N4OS/c15-8(9-11-1-2-12-9)5-7-6-14-3-4-16-10(14)13-7/h1-4,6H,5H2,(H,11,12). The summed E-state index contributed by atoms with van der Waals surface area (Å²) in [6.45, 7) is 0. The molecule has 3 aromatic rings. The molecule has 0 unspecified atom stereocenters. The van der Waals surface area contributed by atoms with Crippen molar-refractivity contribution in [3.8, 4) is 0 Å². The number of fused-ring (bicyclic) bond motifs is 1. The van der Waals surface area contributed by atoms with E-state index in [-0.39, 0.29) is 12.2 Å². The van der Waals surface area contributed by atoms with Gasteiger partial charge in [-0.05, 0) is 0 Å². The predicted octanol–water partition coefficient (Wildman–Crippen LogP) is 1.54. The average molecular weight is 232 g/mol. The van der Waals surface area contributed by atoms with Crippen LogP contribution in [-0.4, -0.2) is 25.1 Å². The van der Waals surface area contributed by atoms with Crippen LogP contribution in [0.15, 0.2) is 30.2 Å². The van der Waals surface area contributed by atoms with Gasteiger partial charge in [-0.1, -0.05) is 0 Å². The molecule has 6 heteroatoms. The van der Waals surface area contributed by atoms with Crippen molar-refractivity contribution in [1.82, 2.24) is 19.4 Å². The van der Waals surface area contributed by atoms with Crippen LogP contribution in [0.2, 0.25) is 0 Å². The van der Waals surface area contributed by atoms with Gasteiger partial charge >= 0.3 is 0 Å². The molecule has 0 aliphatic carbocycles. The third-order valence-electron chi connectivity index (χ3n) is 2.25. The van der Waals surface area contributed by atoms with Crippen LogP contribution in [0, 0.1) is 0 Å². The maximum Gasteiger partial charge on any atom is 0.204 e. The average Bonchev–Trinajstić information content (AvgIpc) is 2.91. The molecule has 0 spiro atoms. The van der Waals surface area contributed by atoms with E-state index < -0.39 is 0 Å². The zero-order valence-corrected chi connectivity index (χ0v) is 9.07. The molecule has 3 rings (SSSR count). The SMILES string of the molecule is O=C(Cc1cn2ccsc2n1)c1ncc[nH]1. The van der Waals surface area contributed by atoms with Gasteiger partial charge in [-0.25, -0.2) is 9.97 Å². The Morgan fingerprint density at radius 3 is 3.25 bits per heavy atom. The molecular formula is C10H8N4OS. The highest BCUT2D eigenvalue weighted by atomic mass is 32.1. The summed E-state index contributed by atoms with van der Waals surface area (Å²) < 4.78 is 1.91. The van der Waals surface area contributed by atoms with Crippen LogP contribution in [0.1, 0.15) is 16.3 Å². The minimum Gasteiger partial charge on any atom is -0.342 e. The lowest BCUT2D eigenvalue weighted by molar-refractivity contribution is 0.0983. The summed E-state index contributed by atoms with van der Waals surface area (Å²) in [5, 5.41) is 1.96. The first-order valence-corrected chi connectivity index (χ1v) is 5.64. The molecule has 0 saturated carbocycles. The zero-order chi connectivity index (χ0) is 11.0. The van der Waals surface area contributed by atoms with E-state index in [0.29, 0.717) is 5.82 Å². The number of ketones is 1. The van der Waals surface area contributed by atoms with Gasteiger partial charge in [0.05, 0.1) is 12.1 Å². The van der Waals surface area contributed by atoms with Crippen molar-refractivity contribution in [3.05, 3.63) is 41.7 Å². The fraction of sp³-hybridized carbons (Fsp3) is 0.100. The molecule has 0 aromatic carbocycles. The van der Waals surface area contributed by atoms with Crippen molar-refractivity contribution in [2.75, 3.05) is 0 Å². The second-order valence-electron chi connectivity index (χ2n) is 3.36. The molecule has 0 aliphatic rings. The highest BCUT2D eigenvalue weighted by Gasteiger charge is 2.11. The van der Waals surface area contributed by atoms with E-state index in [1.54, 1.807) is 23.7 Å². The third kappa shape index (κ3) is 1.53. The number of imidazole rings is 2. The van der Waals surface area contributed by atoms with Gasteiger partial charge in [-0.2, -0.15) is 0 Å². The number of aromatic nitrogens is 4. The zero-order valence-electron chi connectivity index (χ0n) is 8.25. The summed E-state index contributed by atoms with van der Waals surface area (Å²) >= 11 is 1.55. The molecule has 0 atom stereocenters. The van der Waals surface area contributed by atoms with Gasteiger partial charge in [-0.15, -0.1) is 11.3 Å². The Hall–Kier alpha value is -1.95. The maximum atomic E-state index is 11.7. The Labute approximate surface area is 94.8 Å². The highest BCUT2D eigenvalue weighted by Crippen LogP contribution is 2.12. The summed E-state index contributed by atoms with van der Waals surface area (Å²) in [4.78, 5) is 23.7. The molecule has 0 saturated heterocycles. The molecule has 5 nitrogen and oxygen atoms in total. The van der Waals surface area contributed by atoms with Gasteiger partial charge in [0, 0.05) is 30.2 Å². The monoisotopic (exact) mass is 232 g/mol. The largest absolute Gasteiger partial charge is 0.342 e. The number of hydrogen-bond acceptors (Lipinski definition) is 4. The smallest absolute Gasteiger partial charge is 0.204 e. The molecule has 3 aromatic heterocycles. The topological polar surface area (TPSA) is 63.1 Å². The number of aromatic amines is 1. The van der Waals surface area contributed by atoms with Crippen molar-refractivity contribution in [2.24, 2.45) is 0 Å². The molecule has 1 N–H and O–H groups in total. The van der Waals surface area contributed by atoms with Gasteiger partial charge in [0.25, 0.3) is 0 Å². The molecule has 0 fully saturated rings. The van der Waals surface area contributed by atoms with E-state index in [0.717, 1.165) is 10.7 Å². The molecule has 0 aliphatic heterocycles. The Kier molecular flexibility index (Phi) is 2.07. The Balaban J connectivity index is 1.85. The van der Waals surface area contributed by atoms with Crippen molar-refractivity contribution < 1.29 is 4.79 Å². The fourth-order valence-corrected chi connectivity index (χ4v) is 2.25. The van der Waals surface area contributed by atoms with Crippen LogP contribution in [0.5, 0.6) is 0 Å². The molecule has 16 heavy (non-hydrogen) atoms. The molecule has 3 heterocycles. The second-order valence-corrected chi connectivity index (χ2v) is 4.24. The van der Waals surface area contributed by atoms with E-state index in [4.69, 9.17) is 0 Å². The van der Waals surface area contributed by atoms with E-state index >= 15 is 0 Å². The first-order valence-electron chi connectivity index (χ1n) is 4.76. The number of rotatable bonds is 3.